The van der Waals surface area contributed by atoms with Crippen LogP contribution in [0.15, 0.2) is 50.5 Å². The summed E-state index contributed by atoms with van der Waals surface area (Å²) in [5, 5.41) is 13.1. The third-order valence-corrected chi connectivity index (χ3v) is 4.62. The average molecular weight is 487 g/mol. The molecular formula is C18H17Br2NO5. The molecule has 0 fully saturated rings. The number of carboxylic acids is 1. The van der Waals surface area contributed by atoms with E-state index >= 15 is 0 Å². The Bertz CT molecular complexity index is 783. The van der Waals surface area contributed by atoms with E-state index in [0.29, 0.717) is 14.7 Å². The molecule has 0 radical (unpaired) electrons. The van der Waals surface area contributed by atoms with E-state index in [1.165, 1.54) is 0 Å². The van der Waals surface area contributed by atoms with Crippen LogP contribution >= 0.6 is 31.9 Å². The zero-order valence-corrected chi connectivity index (χ0v) is 17.3. The van der Waals surface area contributed by atoms with E-state index in [1.54, 1.807) is 38.5 Å². The van der Waals surface area contributed by atoms with Crippen molar-refractivity contribution in [1.82, 2.24) is 0 Å². The zero-order valence-electron chi connectivity index (χ0n) is 14.2. The van der Waals surface area contributed by atoms with E-state index in [2.05, 4.69) is 37.0 Å². The molecule has 0 atom stereocenters. The predicted octanol–water partition coefficient (Wildman–Crippen LogP) is 4.43. The molecule has 0 aliphatic heterocycles. The van der Waals surface area contributed by atoms with E-state index in [4.69, 9.17) is 14.3 Å². The molecule has 0 heterocycles. The third-order valence-electron chi connectivity index (χ3n) is 3.45. The van der Waals surface area contributed by atoms with E-state index < -0.39 is 5.97 Å². The fraction of sp³-hybridized carbons (Fsp3) is 0.222. The average Bonchev–Trinajstić information content (AvgIpc) is 2.61. The molecule has 0 spiro atoms. The molecule has 2 aromatic rings. The molecule has 0 bridgehead atoms. The van der Waals surface area contributed by atoms with Crippen LogP contribution in [0, 0.1) is 0 Å². The first kappa shape index (κ1) is 20.3. The zero-order chi connectivity index (χ0) is 19.1. The largest absolute Gasteiger partial charge is 0.497 e. The first-order valence-corrected chi connectivity index (χ1v) is 9.10. The highest BCUT2D eigenvalue weighted by atomic mass is 79.9. The van der Waals surface area contributed by atoms with Crippen molar-refractivity contribution < 1.29 is 24.2 Å². The number of aliphatic carboxylic acids is 1. The Morgan fingerprint density at radius 2 is 1.65 bits per heavy atom. The normalized spacial score (nSPS) is 11.2. The summed E-state index contributed by atoms with van der Waals surface area (Å²) in [6.07, 6.45) is 0.110. The number of hydrogen-bond donors (Lipinski definition) is 1. The van der Waals surface area contributed by atoms with Crippen LogP contribution < -0.4 is 9.47 Å². The lowest BCUT2D eigenvalue weighted by Crippen LogP contribution is -2.16. The standard InChI is InChI=1S/C18H17Br2NO5/c1-24-13-5-3-11(4-6-13)10-26-21-16(18(22)23)9-12-7-14(19)17(25-2)15(20)8-12/h3-8H,9-10H2,1-2H3,(H,22,23)/b21-16-. The molecular weight excluding hydrogens is 470 g/mol. The maximum absolute atomic E-state index is 11.4. The van der Waals surface area contributed by atoms with Crippen molar-refractivity contribution in [3.05, 3.63) is 56.5 Å². The lowest BCUT2D eigenvalue weighted by atomic mass is 10.1. The highest BCUT2D eigenvalue weighted by Crippen LogP contribution is 2.34. The second-order valence-electron chi connectivity index (χ2n) is 5.23. The van der Waals surface area contributed by atoms with Crippen LogP contribution in [-0.2, 0) is 22.7 Å². The van der Waals surface area contributed by atoms with Crippen LogP contribution in [0.25, 0.3) is 0 Å². The van der Waals surface area contributed by atoms with Crippen molar-refractivity contribution in [3.8, 4) is 11.5 Å². The molecule has 0 aliphatic rings. The van der Waals surface area contributed by atoms with E-state index in [9.17, 15) is 9.90 Å². The van der Waals surface area contributed by atoms with Gasteiger partial charge in [-0.05, 0) is 67.3 Å². The van der Waals surface area contributed by atoms with Crippen LogP contribution in [0.5, 0.6) is 11.5 Å². The SMILES string of the molecule is COc1ccc(CO/N=C(/Cc2cc(Br)c(OC)c(Br)c2)C(=O)O)cc1. The monoisotopic (exact) mass is 485 g/mol. The van der Waals surface area contributed by atoms with Gasteiger partial charge in [-0.3, -0.25) is 0 Å². The number of methoxy groups -OCH3 is 2. The van der Waals surface area contributed by atoms with Gasteiger partial charge in [0.1, 0.15) is 18.1 Å². The lowest BCUT2D eigenvalue weighted by molar-refractivity contribution is -0.129. The van der Waals surface area contributed by atoms with Crippen LogP contribution in [-0.4, -0.2) is 31.0 Å². The number of halogens is 2. The van der Waals surface area contributed by atoms with Gasteiger partial charge in [-0.2, -0.15) is 0 Å². The van der Waals surface area contributed by atoms with E-state index in [1.807, 2.05) is 12.1 Å². The minimum absolute atomic E-state index is 0.0949. The van der Waals surface area contributed by atoms with E-state index in [0.717, 1.165) is 16.9 Å². The van der Waals surface area contributed by atoms with Crippen LogP contribution in [0.4, 0.5) is 0 Å². The Kier molecular flexibility index (Phi) is 7.47. The van der Waals surface area contributed by atoms with Crippen LogP contribution in [0.3, 0.4) is 0 Å². The summed E-state index contributed by atoms with van der Waals surface area (Å²) in [6.45, 7) is 0.163. The van der Waals surface area contributed by atoms with Crippen LogP contribution in [0.1, 0.15) is 11.1 Å². The summed E-state index contributed by atoms with van der Waals surface area (Å²) < 4.78 is 11.8. The summed E-state index contributed by atoms with van der Waals surface area (Å²) >= 11 is 6.79. The van der Waals surface area contributed by atoms with Crippen molar-refractivity contribution in [2.75, 3.05) is 14.2 Å². The fourth-order valence-electron chi connectivity index (χ4n) is 2.16. The molecule has 2 aromatic carbocycles. The van der Waals surface area contributed by atoms with Crippen molar-refractivity contribution in [3.63, 3.8) is 0 Å². The maximum Gasteiger partial charge on any atom is 0.354 e. The Labute approximate surface area is 168 Å². The van der Waals surface area contributed by atoms with Crippen LogP contribution in [0.2, 0.25) is 0 Å². The first-order valence-electron chi connectivity index (χ1n) is 7.51. The van der Waals surface area contributed by atoms with Gasteiger partial charge in [0.15, 0.2) is 5.71 Å². The van der Waals surface area contributed by atoms with Gasteiger partial charge in [0.25, 0.3) is 0 Å². The minimum atomic E-state index is -1.14. The summed E-state index contributed by atoms with van der Waals surface area (Å²) in [5.74, 6) is 0.236. The second-order valence-corrected chi connectivity index (χ2v) is 6.94. The quantitative estimate of drug-likeness (QED) is 0.441. The van der Waals surface area contributed by atoms with Crippen molar-refractivity contribution in [2.24, 2.45) is 5.16 Å². The number of nitrogens with zero attached hydrogens (tertiary/aromatic N) is 1. The summed E-state index contributed by atoms with van der Waals surface area (Å²) in [7, 11) is 3.15. The third kappa shape index (κ3) is 5.47. The molecule has 0 amide bonds. The van der Waals surface area contributed by atoms with Gasteiger partial charge in [0.2, 0.25) is 0 Å². The summed E-state index contributed by atoms with van der Waals surface area (Å²) in [4.78, 5) is 16.7. The Morgan fingerprint density at radius 3 is 2.15 bits per heavy atom. The Hall–Kier alpha value is -2.06. The number of hydrogen-bond acceptors (Lipinski definition) is 5. The number of benzene rings is 2. The van der Waals surface area contributed by atoms with Crippen molar-refractivity contribution >= 4 is 43.5 Å². The molecule has 6 nitrogen and oxygen atoms in total. The number of carboxylic acid groups (broad SMARTS) is 1. The van der Waals surface area contributed by atoms with Gasteiger partial charge in [-0.15, -0.1) is 0 Å². The van der Waals surface area contributed by atoms with Gasteiger partial charge in [0, 0.05) is 6.42 Å². The van der Waals surface area contributed by atoms with Gasteiger partial charge < -0.3 is 19.4 Å². The number of ether oxygens (including phenoxy) is 2. The maximum atomic E-state index is 11.4. The predicted molar refractivity (Wildman–Crippen MR) is 105 cm³/mol. The highest BCUT2D eigenvalue weighted by Gasteiger charge is 2.15. The van der Waals surface area contributed by atoms with Gasteiger partial charge in [-0.1, -0.05) is 17.3 Å². The van der Waals surface area contributed by atoms with Gasteiger partial charge in [0.05, 0.1) is 23.2 Å². The number of oxime groups is 1. The molecule has 2 rings (SSSR count). The molecule has 26 heavy (non-hydrogen) atoms. The second kappa shape index (κ2) is 9.59. The Morgan fingerprint density at radius 1 is 1.04 bits per heavy atom. The lowest BCUT2D eigenvalue weighted by Gasteiger charge is -2.09. The molecule has 0 aromatic heterocycles. The Balaban J connectivity index is 2.08. The highest BCUT2D eigenvalue weighted by molar-refractivity contribution is 9.11. The first-order chi connectivity index (χ1) is 12.4. The summed E-state index contributed by atoms with van der Waals surface area (Å²) in [5.41, 5.74) is 1.51. The summed E-state index contributed by atoms with van der Waals surface area (Å²) in [6, 6.07) is 10.8. The molecule has 0 saturated heterocycles. The topological polar surface area (TPSA) is 77.3 Å². The van der Waals surface area contributed by atoms with Gasteiger partial charge >= 0.3 is 5.97 Å². The molecule has 0 aliphatic carbocycles. The minimum Gasteiger partial charge on any atom is -0.497 e. The van der Waals surface area contributed by atoms with Crippen molar-refractivity contribution in [1.29, 1.82) is 0 Å². The molecule has 0 unspecified atom stereocenters. The number of rotatable bonds is 8. The fourth-order valence-corrected chi connectivity index (χ4v) is 3.76. The molecule has 138 valence electrons. The molecule has 8 heteroatoms. The smallest absolute Gasteiger partial charge is 0.354 e. The van der Waals surface area contributed by atoms with E-state index in [-0.39, 0.29) is 18.7 Å². The van der Waals surface area contributed by atoms with Gasteiger partial charge in [-0.25, -0.2) is 4.79 Å². The van der Waals surface area contributed by atoms with Crippen molar-refractivity contribution in [2.45, 2.75) is 13.0 Å². The molecule has 0 saturated carbocycles. The number of carbonyl (C=O) groups is 1. The molecule has 1 N–H and O–H groups in total.